The Kier molecular flexibility index (Phi) is 12.7. The number of benzene rings is 6. The van der Waals surface area contributed by atoms with E-state index in [1.807, 2.05) is 0 Å². The number of aromatic nitrogens is 5. The molecule has 0 saturated carbocycles. The first-order valence-electron chi connectivity index (χ1n) is 25.0. The largest absolute Gasteiger partial charge is 0.416 e. The minimum atomic E-state index is -0.192. The Labute approximate surface area is 389 Å². The molecule has 0 saturated heterocycles. The van der Waals surface area contributed by atoms with Crippen LogP contribution in [0.2, 0.25) is 0 Å². The zero-order valence-corrected chi connectivity index (χ0v) is 39.3. The highest BCUT2D eigenvalue weighted by Gasteiger charge is 2.43. The zero-order valence-electron chi connectivity index (χ0n) is 39.3. The quantitative estimate of drug-likeness (QED) is 0.0710. The second-order valence-electron chi connectivity index (χ2n) is 18.9. The molecule has 336 valence electrons. The first-order valence-corrected chi connectivity index (χ1v) is 25.0. The molecule has 6 aromatic carbocycles. The molecule has 0 bridgehead atoms. The summed E-state index contributed by atoms with van der Waals surface area (Å²) in [5.41, 5.74) is 11.4. The van der Waals surface area contributed by atoms with Gasteiger partial charge in [-0.25, -0.2) is 0 Å². The van der Waals surface area contributed by atoms with Gasteiger partial charge in [-0.2, -0.15) is 0 Å². The third kappa shape index (κ3) is 8.16. The molecule has 9 aromatic rings. The third-order valence-corrected chi connectivity index (χ3v) is 14.6. The van der Waals surface area contributed by atoms with Gasteiger partial charge in [0.25, 0.3) is 0 Å². The second-order valence-corrected chi connectivity index (χ2v) is 18.9. The van der Waals surface area contributed by atoms with E-state index >= 15 is 0 Å². The molecule has 7 nitrogen and oxygen atoms in total. The fourth-order valence-corrected chi connectivity index (χ4v) is 10.9. The summed E-state index contributed by atoms with van der Waals surface area (Å²) in [6.45, 7) is 9.14. The molecule has 0 fully saturated rings. The molecule has 66 heavy (non-hydrogen) atoms. The molecule has 0 amide bonds. The van der Waals surface area contributed by atoms with Crippen LogP contribution >= 0.6 is 0 Å². The Morgan fingerprint density at radius 3 is 1.59 bits per heavy atom. The van der Waals surface area contributed by atoms with Crippen LogP contribution in [0.3, 0.4) is 0 Å². The van der Waals surface area contributed by atoms with Crippen LogP contribution in [0.25, 0.3) is 89.5 Å². The Hall–Kier alpha value is -6.34. The highest BCUT2D eigenvalue weighted by molar-refractivity contribution is 6.09. The van der Waals surface area contributed by atoms with Gasteiger partial charge in [0.15, 0.2) is 0 Å². The molecule has 10 rings (SSSR count). The lowest BCUT2D eigenvalue weighted by Gasteiger charge is -2.33. The molecule has 1 aliphatic carbocycles. The Morgan fingerprint density at radius 1 is 0.455 bits per heavy atom. The average molecular weight is 874 g/mol. The number of hydrogen-bond donors (Lipinski definition) is 0. The zero-order chi connectivity index (χ0) is 45.0. The predicted octanol–water partition coefficient (Wildman–Crippen LogP) is 17.1. The summed E-state index contributed by atoms with van der Waals surface area (Å²) >= 11 is 0. The van der Waals surface area contributed by atoms with E-state index in [-0.39, 0.29) is 5.41 Å². The van der Waals surface area contributed by atoms with E-state index in [1.54, 1.807) is 0 Å². The van der Waals surface area contributed by atoms with Crippen molar-refractivity contribution in [3.8, 4) is 56.9 Å². The maximum absolute atomic E-state index is 6.66. The fraction of sp³-hybridized carbons (Fsp3) is 0.356. The van der Waals surface area contributed by atoms with Gasteiger partial charge in [-0.1, -0.05) is 165 Å². The third-order valence-electron chi connectivity index (χ3n) is 14.6. The molecule has 1 atom stereocenters. The summed E-state index contributed by atoms with van der Waals surface area (Å²) in [6.07, 6.45) is 18.2. The molecule has 3 aromatic heterocycles. The van der Waals surface area contributed by atoms with Crippen LogP contribution in [0, 0.1) is 0 Å². The van der Waals surface area contributed by atoms with E-state index in [1.165, 1.54) is 121 Å². The summed E-state index contributed by atoms with van der Waals surface area (Å²) in [5.74, 6) is 2.17. The number of hydrogen-bond acceptors (Lipinski definition) is 6. The average Bonchev–Trinajstić information content (AvgIpc) is 4.17. The monoisotopic (exact) mass is 873 g/mol. The summed E-state index contributed by atoms with van der Waals surface area (Å²) in [5, 5.41) is 23.4. The van der Waals surface area contributed by atoms with Crippen LogP contribution in [0.5, 0.6) is 0 Å². The van der Waals surface area contributed by atoms with Crippen molar-refractivity contribution >= 4 is 32.6 Å². The topological polar surface area (TPSA) is 82.8 Å². The smallest absolute Gasteiger partial charge is 0.248 e. The summed E-state index contributed by atoms with van der Waals surface area (Å²) in [6, 6.07) is 44.0. The number of para-hydroxylation sites is 1. The summed E-state index contributed by atoms with van der Waals surface area (Å²) in [4.78, 5) is 0. The van der Waals surface area contributed by atoms with E-state index in [0.717, 1.165) is 52.3 Å². The van der Waals surface area contributed by atoms with Gasteiger partial charge in [0.1, 0.15) is 0 Å². The van der Waals surface area contributed by atoms with Gasteiger partial charge in [0.05, 0.1) is 0 Å². The van der Waals surface area contributed by atoms with Crippen molar-refractivity contribution in [1.29, 1.82) is 0 Å². The van der Waals surface area contributed by atoms with Gasteiger partial charge in [0, 0.05) is 55.5 Å². The highest BCUT2D eigenvalue weighted by Crippen LogP contribution is 2.56. The molecule has 1 aliphatic rings. The van der Waals surface area contributed by atoms with Crippen molar-refractivity contribution in [2.45, 2.75) is 135 Å². The molecular weight excluding hydrogens is 811 g/mol. The van der Waals surface area contributed by atoms with E-state index in [4.69, 9.17) is 13.9 Å². The van der Waals surface area contributed by atoms with Gasteiger partial charge < -0.3 is 13.4 Å². The van der Waals surface area contributed by atoms with Crippen molar-refractivity contribution in [2.24, 2.45) is 0 Å². The minimum absolute atomic E-state index is 0.192. The SMILES string of the molecule is CCCCCCCCC1(CCCCCCCC)c2cc(-c3nnc(-c4ccc5c(c4)c4ccccc4n5C(C)CC)o3)ccc2-c2ccc(-c3nnc(-c4cccc5ccccc45)o3)cc21. The maximum Gasteiger partial charge on any atom is 0.248 e. The highest BCUT2D eigenvalue weighted by atomic mass is 16.4. The number of rotatable bonds is 20. The van der Waals surface area contributed by atoms with Crippen LogP contribution in [0.4, 0.5) is 0 Å². The van der Waals surface area contributed by atoms with Crippen LogP contribution < -0.4 is 0 Å². The lowest BCUT2D eigenvalue weighted by Crippen LogP contribution is -2.25. The number of fused-ring (bicyclic) bond motifs is 7. The van der Waals surface area contributed by atoms with Crippen molar-refractivity contribution in [3.63, 3.8) is 0 Å². The summed E-state index contributed by atoms with van der Waals surface area (Å²) in [7, 11) is 0. The molecule has 3 heterocycles. The second kappa shape index (κ2) is 19.2. The van der Waals surface area contributed by atoms with Crippen LogP contribution in [0.1, 0.15) is 141 Å². The van der Waals surface area contributed by atoms with Crippen LogP contribution in [0.15, 0.2) is 130 Å². The van der Waals surface area contributed by atoms with Crippen LogP contribution in [-0.4, -0.2) is 25.0 Å². The van der Waals surface area contributed by atoms with Gasteiger partial charge in [-0.3, -0.25) is 0 Å². The first kappa shape index (κ1) is 43.5. The lowest BCUT2D eigenvalue weighted by atomic mass is 9.70. The van der Waals surface area contributed by atoms with E-state index in [9.17, 15) is 0 Å². The van der Waals surface area contributed by atoms with Crippen molar-refractivity contribution in [1.82, 2.24) is 25.0 Å². The Morgan fingerprint density at radius 2 is 0.955 bits per heavy atom. The van der Waals surface area contributed by atoms with E-state index < -0.39 is 0 Å². The van der Waals surface area contributed by atoms with Gasteiger partial charge in [-0.05, 0) is 114 Å². The predicted molar refractivity (Wildman–Crippen MR) is 272 cm³/mol. The van der Waals surface area contributed by atoms with Crippen LogP contribution in [-0.2, 0) is 5.41 Å². The van der Waals surface area contributed by atoms with Crippen molar-refractivity contribution in [3.05, 3.63) is 132 Å². The maximum atomic E-state index is 6.66. The van der Waals surface area contributed by atoms with E-state index in [2.05, 4.69) is 169 Å². The molecule has 0 spiro atoms. The Balaban J connectivity index is 1.03. The van der Waals surface area contributed by atoms with E-state index in [0.29, 0.717) is 29.6 Å². The molecule has 7 heteroatoms. The molecular formula is C59H63N5O2. The van der Waals surface area contributed by atoms with Crippen molar-refractivity contribution in [2.75, 3.05) is 0 Å². The lowest BCUT2D eigenvalue weighted by molar-refractivity contribution is 0.398. The number of unbranched alkanes of at least 4 members (excludes halogenated alkanes) is 10. The summed E-state index contributed by atoms with van der Waals surface area (Å²) < 4.78 is 15.7. The standard InChI is InChI=1S/C59H63N5O2/c1-5-8-10-12-14-20-35-59(36-21-15-13-11-9-6-2)51-38-43(56-61-60-55(65-56)42-31-34-54-50(37-42)48-26-18-19-28-53(48)64(54)40(4)7-3)29-32-46(51)47-33-30-44(39-52(47)59)57-62-63-58(66-57)49-27-22-24-41-23-16-17-25-45(41)49/h16-19,22-34,37-40H,5-15,20-21,35-36H2,1-4H3. The van der Waals surface area contributed by atoms with Gasteiger partial charge >= 0.3 is 0 Å². The molecule has 0 N–H and O–H groups in total. The molecule has 0 aliphatic heterocycles. The minimum Gasteiger partial charge on any atom is -0.416 e. The number of nitrogens with zero attached hydrogens (tertiary/aromatic N) is 5. The molecule has 0 radical (unpaired) electrons. The van der Waals surface area contributed by atoms with Crippen molar-refractivity contribution < 1.29 is 8.83 Å². The fourth-order valence-electron chi connectivity index (χ4n) is 10.9. The molecule has 1 unspecified atom stereocenters. The Bertz CT molecular complexity index is 3090. The van der Waals surface area contributed by atoms with Gasteiger partial charge in [-0.15, -0.1) is 20.4 Å². The van der Waals surface area contributed by atoms with Gasteiger partial charge in [0.2, 0.25) is 23.6 Å². The first-order chi connectivity index (χ1) is 32.5. The normalized spacial score (nSPS) is 13.5.